The quantitative estimate of drug-likeness (QED) is 0.465. The minimum absolute atomic E-state index is 0.294. The summed E-state index contributed by atoms with van der Waals surface area (Å²) in [5.41, 5.74) is 0.294. The van der Waals surface area contributed by atoms with E-state index >= 15 is 0 Å². The number of hydrogen-bond donors (Lipinski definition) is 1. The molecule has 2 saturated heterocycles. The summed E-state index contributed by atoms with van der Waals surface area (Å²) in [4.78, 5) is 39.1. The predicted octanol–water partition coefficient (Wildman–Crippen LogP) is 4.40. The van der Waals surface area contributed by atoms with Crippen LogP contribution < -0.4 is 20.0 Å². The topological polar surface area (TPSA) is 103 Å². The van der Waals surface area contributed by atoms with Gasteiger partial charge in [-0.05, 0) is 12.1 Å². The lowest BCUT2D eigenvalue weighted by Crippen LogP contribution is -2.56. The molecule has 0 atom stereocenters. The Morgan fingerprint density at radius 1 is 0.816 bits per heavy atom. The van der Waals surface area contributed by atoms with Crippen molar-refractivity contribution < 1.29 is 13.6 Å². The van der Waals surface area contributed by atoms with Crippen molar-refractivity contribution in [1.82, 2.24) is 24.9 Å². The van der Waals surface area contributed by atoms with E-state index < -0.39 is 11.8 Å². The number of aromatic nitrogens is 5. The summed E-state index contributed by atoms with van der Waals surface area (Å²) in [7, 11) is 0. The number of amides is 1. The van der Waals surface area contributed by atoms with E-state index in [2.05, 4.69) is 40.0 Å². The Hall–Kier alpha value is -3.67. The lowest BCUT2D eigenvalue weighted by Gasteiger charge is -2.39. The average molecular weight is 548 g/mol. The standard InChI is InChI=1S/C21H20ClF2N9O.2C2H6/c22-15-7-18(29-13-28-15)31-3-5-32(6-4-31)19-10-25-16(9-27-19)30-20(34)14-1-2-17(26-8-14)33-11-21(23,24)12-33;2*1-2/h1-2,7-10,13H,3-6,11-12H2,(H,25,30,34);2*1-2H3. The molecule has 1 amide bonds. The molecule has 204 valence electrons. The number of rotatable bonds is 5. The molecule has 0 spiro atoms. The molecule has 5 rings (SSSR count). The number of carbonyl (C=O) groups is 1. The van der Waals surface area contributed by atoms with E-state index in [9.17, 15) is 13.6 Å². The number of nitrogens with one attached hydrogen (secondary N) is 1. The Balaban J connectivity index is 0.000000956. The monoisotopic (exact) mass is 547 g/mol. The van der Waals surface area contributed by atoms with Crippen LogP contribution in [0, 0.1) is 0 Å². The van der Waals surface area contributed by atoms with Crippen LogP contribution in [-0.4, -0.2) is 76.0 Å². The Morgan fingerprint density at radius 2 is 1.45 bits per heavy atom. The second-order valence-corrected chi connectivity index (χ2v) is 8.39. The molecule has 0 radical (unpaired) electrons. The molecular weight excluding hydrogens is 516 g/mol. The van der Waals surface area contributed by atoms with Gasteiger partial charge in [-0.15, -0.1) is 0 Å². The van der Waals surface area contributed by atoms with E-state index in [-0.39, 0.29) is 13.1 Å². The van der Waals surface area contributed by atoms with Gasteiger partial charge in [0.25, 0.3) is 11.8 Å². The van der Waals surface area contributed by atoms with Crippen LogP contribution in [0.25, 0.3) is 0 Å². The van der Waals surface area contributed by atoms with Crippen LogP contribution in [0.15, 0.2) is 43.1 Å². The van der Waals surface area contributed by atoms with Gasteiger partial charge >= 0.3 is 0 Å². The summed E-state index contributed by atoms with van der Waals surface area (Å²) < 4.78 is 26.0. The van der Waals surface area contributed by atoms with Crippen LogP contribution in [-0.2, 0) is 0 Å². The minimum Gasteiger partial charge on any atom is -0.353 e. The maximum Gasteiger partial charge on any atom is 0.282 e. The highest BCUT2D eigenvalue weighted by molar-refractivity contribution is 6.29. The second kappa shape index (κ2) is 13.2. The fourth-order valence-electron chi connectivity index (χ4n) is 3.78. The molecule has 2 aliphatic heterocycles. The number of pyridine rings is 1. The highest BCUT2D eigenvalue weighted by Crippen LogP contribution is 2.30. The smallest absolute Gasteiger partial charge is 0.282 e. The van der Waals surface area contributed by atoms with Crippen molar-refractivity contribution in [1.29, 1.82) is 0 Å². The maximum atomic E-state index is 13.0. The maximum absolute atomic E-state index is 13.0. The molecule has 38 heavy (non-hydrogen) atoms. The molecule has 2 aliphatic rings. The van der Waals surface area contributed by atoms with Gasteiger partial charge in [0.2, 0.25) is 0 Å². The zero-order chi connectivity index (χ0) is 27.7. The minimum atomic E-state index is -2.68. The van der Waals surface area contributed by atoms with E-state index in [1.165, 1.54) is 23.6 Å². The van der Waals surface area contributed by atoms with Gasteiger partial charge in [-0.3, -0.25) is 4.79 Å². The highest BCUT2D eigenvalue weighted by atomic mass is 35.5. The van der Waals surface area contributed by atoms with E-state index in [4.69, 9.17) is 11.6 Å². The van der Waals surface area contributed by atoms with E-state index in [0.717, 1.165) is 32.0 Å². The zero-order valence-electron chi connectivity index (χ0n) is 21.9. The van der Waals surface area contributed by atoms with Crippen molar-refractivity contribution in [2.24, 2.45) is 0 Å². The molecule has 10 nitrogen and oxygen atoms in total. The second-order valence-electron chi connectivity index (χ2n) is 8.00. The molecule has 13 heteroatoms. The van der Waals surface area contributed by atoms with Crippen LogP contribution in [0.5, 0.6) is 0 Å². The predicted molar refractivity (Wildman–Crippen MR) is 146 cm³/mol. The zero-order valence-corrected chi connectivity index (χ0v) is 22.7. The summed E-state index contributed by atoms with van der Waals surface area (Å²) in [6.07, 6.45) is 5.90. The molecule has 3 aromatic rings. The van der Waals surface area contributed by atoms with Crippen molar-refractivity contribution in [2.45, 2.75) is 33.6 Å². The largest absolute Gasteiger partial charge is 0.353 e. The molecule has 3 aromatic heterocycles. The van der Waals surface area contributed by atoms with Gasteiger partial charge in [0.15, 0.2) is 5.82 Å². The van der Waals surface area contributed by atoms with Gasteiger partial charge in [-0.2, -0.15) is 0 Å². The molecule has 0 unspecified atom stereocenters. The van der Waals surface area contributed by atoms with Gasteiger partial charge in [0, 0.05) is 38.4 Å². The Morgan fingerprint density at radius 3 is 1.97 bits per heavy atom. The van der Waals surface area contributed by atoms with Crippen molar-refractivity contribution >= 4 is 40.8 Å². The van der Waals surface area contributed by atoms with Crippen LogP contribution in [0.3, 0.4) is 0 Å². The van der Waals surface area contributed by atoms with Crippen molar-refractivity contribution in [3.8, 4) is 0 Å². The molecule has 0 saturated carbocycles. The molecule has 5 heterocycles. The first-order chi connectivity index (χ1) is 18.4. The third-order valence-electron chi connectivity index (χ3n) is 5.61. The van der Waals surface area contributed by atoms with Crippen LogP contribution in [0.4, 0.5) is 32.1 Å². The summed E-state index contributed by atoms with van der Waals surface area (Å²) >= 11 is 5.95. The lowest BCUT2D eigenvalue weighted by atomic mass is 10.1. The summed E-state index contributed by atoms with van der Waals surface area (Å²) in [5.74, 6) is -0.887. The number of alkyl halides is 2. The first kappa shape index (κ1) is 28.9. The van der Waals surface area contributed by atoms with Gasteiger partial charge in [0.05, 0.1) is 31.0 Å². The van der Waals surface area contributed by atoms with Crippen molar-refractivity contribution in [3.63, 3.8) is 0 Å². The third-order valence-corrected chi connectivity index (χ3v) is 5.81. The number of hydrogen-bond acceptors (Lipinski definition) is 9. The average Bonchev–Trinajstić information content (AvgIpc) is 2.94. The molecule has 1 N–H and O–H groups in total. The Labute approximate surface area is 226 Å². The van der Waals surface area contributed by atoms with Crippen molar-refractivity contribution in [3.05, 3.63) is 53.8 Å². The number of nitrogens with zero attached hydrogens (tertiary/aromatic N) is 8. The Kier molecular flexibility index (Phi) is 10.1. The molecule has 0 bridgehead atoms. The van der Waals surface area contributed by atoms with Gasteiger partial charge in [-0.1, -0.05) is 39.3 Å². The van der Waals surface area contributed by atoms with E-state index in [1.807, 2.05) is 27.7 Å². The molecule has 2 fully saturated rings. The molecular formula is C25H32ClF2N9O. The molecule has 0 aromatic carbocycles. The normalized spacial score (nSPS) is 15.8. The van der Waals surface area contributed by atoms with Crippen LogP contribution in [0.1, 0.15) is 38.1 Å². The summed E-state index contributed by atoms with van der Waals surface area (Å²) in [6.45, 7) is 10.2. The van der Waals surface area contributed by atoms with E-state index in [1.54, 1.807) is 24.4 Å². The number of carbonyl (C=O) groups excluding carboxylic acids is 1. The summed E-state index contributed by atoms with van der Waals surface area (Å²) in [6, 6.07) is 4.83. The van der Waals surface area contributed by atoms with Gasteiger partial charge < -0.3 is 20.0 Å². The highest BCUT2D eigenvalue weighted by Gasteiger charge is 2.44. The van der Waals surface area contributed by atoms with E-state index in [0.29, 0.717) is 28.2 Å². The first-order valence-electron chi connectivity index (χ1n) is 12.6. The third kappa shape index (κ3) is 7.21. The fourth-order valence-corrected chi connectivity index (χ4v) is 3.92. The summed E-state index contributed by atoms with van der Waals surface area (Å²) in [5, 5.41) is 3.08. The number of anilines is 4. The number of halogens is 3. The first-order valence-corrected chi connectivity index (χ1v) is 12.9. The SMILES string of the molecule is CC.CC.O=C(Nc1cnc(N2CCN(c3cc(Cl)ncn3)CC2)cn1)c1ccc(N2CC(F)(F)C2)nc1. The fraction of sp³-hybridized carbons (Fsp3) is 0.440. The number of piperazine rings is 1. The van der Waals surface area contributed by atoms with Crippen LogP contribution in [0.2, 0.25) is 5.15 Å². The molecule has 0 aliphatic carbocycles. The Bertz CT molecular complexity index is 1170. The van der Waals surface area contributed by atoms with Gasteiger partial charge in [0.1, 0.15) is 28.9 Å². The van der Waals surface area contributed by atoms with Gasteiger partial charge in [-0.25, -0.2) is 33.7 Å². The van der Waals surface area contributed by atoms with Crippen molar-refractivity contribution in [2.75, 3.05) is 59.3 Å². The van der Waals surface area contributed by atoms with Crippen LogP contribution >= 0.6 is 11.6 Å². The lowest BCUT2D eigenvalue weighted by molar-refractivity contribution is -0.0267.